The van der Waals surface area contributed by atoms with Crippen molar-refractivity contribution in [3.8, 4) is 5.75 Å². The van der Waals surface area contributed by atoms with E-state index in [1.54, 1.807) is 0 Å². The molecular formula is C15H23NO. The molecule has 1 heterocycles. The summed E-state index contributed by atoms with van der Waals surface area (Å²) in [5, 5.41) is 3.69. The molecule has 1 aromatic carbocycles. The zero-order valence-corrected chi connectivity index (χ0v) is 11.0. The Labute approximate surface area is 104 Å². The summed E-state index contributed by atoms with van der Waals surface area (Å²) in [7, 11) is 0. The standard InChI is InChI=1S/C15H23NO/c1-3-17-14-9-7-8-13(12-14)15(2)10-5-4-6-11-16-15/h7-9,12,16H,3-6,10-11H2,1-2H3. The number of nitrogens with one attached hydrogen (secondary N) is 1. The summed E-state index contributed by atoms with van der Waals surface area (Å²) in [6.07, 6.45) is 5.15. The van der Waals surface area contributed by atoms with Gasteiger partial charge in [-0.3, -0.25) is 0 Å². The van der Waals surface area contributed by atoms with Gasteiger partial charge in [0.25, 0.3) is 0 Å². The third kappa shape index (κ3) is 3.01. The molecule has 17 heavy (non-hydrogen) atoms. The van der Waals surface area contributed by atoms with Crippen molar-refractivity contribution in [3.63, 3.8) is 0 Å². The summed E-state index contributed by atoms with van der Waals surface area (Å²) in [6.45, 7) is 6.19. The zero-order chi connectivity index (χ0) is 12.1. The number of benzene rings is 1. The van der Waals surface area contributed by atoms with E-state index in [0.29, 0.717) is 0 Å². The van der Waals surface area contributed by atoms with E-state index in [-0.39, 0.29) is 5.54 Å². The van der Waals surface area contributed by atoms with Crippen molar-refractivity contribution in [2.24, 2.45) is 0 Å². The van der Waals surface area contributed by atoms with Crippen LogP contribution in [0.4, 0.5) is 0 Å². The average molecular weight is 233 g/mol. The molecule has 0 aromatic heterocycles. The predicted molar refractivity (Wildman–Crippen MR) is 71.4 cm³/mol. The highest BCUT2D eigenvalue weighted by Gasteiger charge is 2.27. The van der Waals surface area contributed by atoms with Gasteiger partial charge in [0.15, 0.2) is 0 Å². The molecule has 2 rings (SSSR count). The smallest absolute Gasteiger partial charge is 0.119 e. The van der Waals surface area contributed by atoms with Crippen molar-refractivity contribution in [1.82, 2.24) is 5.32 Å². The summed E-state index contributed by atoms with van der Waals surface area (Å²) in [4.78, 5) is 0. The summed E-state index contributed by atoms with van der Waals surface area (Å²) >= 11 is 0. The molecule has 1 atom stereocenters. The van der Waals surface area contributed by atoms with Crippen molar-refractivity contribution in [1.29, 1.82) is 0 Å². The number of rotatable bonds is 3. The van der Waals surface area contributed by atoms with Crippen LogP contribution in [-0.2, 0) is 5.54 Å². The Morgan fingerprint density at radius 2 is 2.18 bits per heavy atom. The van der Waals surface area contributed by atoms with Crippen molar-refractivity contribution < 1.29 is 4.74 Å². The van der Waals surface area contributed by atoms with E-state index in [2.05, 4.69) is 30.4 Å². The molecule has 0 spiro atoms. The highest BCUT2D eigenvalue weighted by molar-refractivity contribution is 5.33. The Kier molecular flexibility index (Phi) is 4.06. The predicted octanol–water partition coefficient (Wildman–Crippen LogP) is 3.46. The van der Waals surface area contributed by atoms with Gasteiger partial charge in [-0.25, -0.2) is 0 Å². The normalized spacial score (nSPS) is 25.3. The molecule has 1 N–H and O–H groups in total. The van der Waals surface area contributed by atoms with Gasteiger partial charge in [0.2, 0.25) is 0 Å². The Morgan fingerprint density at radius 3 is 3.00 bits per heavy atom. The fraction of sp³-hybridized carbons (Fsp3) is 0.600. The first-order valence-corrected chi connectivity index (χ1v) is 6.73. The lowest BCUT2D eigenvalue weighted by Gasteiger charge is -2.30. The maximum atomic E-state index is 5.59. The molecule has 1 unspecified atom stereocenters. The van der Waals surface area contributed by atoms with Gasteiger partial charge in [-0.2, -0.15) is 0 Å². The summed E-state index contributed by atoms with van der Waals surface area (Å²) in [6, 6.07) is 8.52. The number of hydrogen-bond donors (Lipinski definition) is 1. The fourth-order valence-corrected chi connectivity index (χ4v) is 2.58. The molecule has 2 nitrogen and oxygen atoms in total. The van der Waals surface area contributed by atoms with Gasteiger partial charge >= 0.3 is 0 Å². The third-order valence-corrected chi connectivity index (χ3v) is 3.65. The average Bonchev–Trinajstić information content (AvgIpc) is 2.56. The zero-order valence-electron chi connectivity index (χ0n) is 11.0. The van der Waals surface area contributed by atoms with Gasteiger partial charge < -0.3 is 10.1 Å². The van der Waals surface area contributed by atoms with Crippen LogP contribution in [0.25, 0.3) is 0 Å². The number of ether oxygens (including phenoxy) is 1. The Bertz CT molecular complexity index is 354. The van der Waals surface area contributed by atoms with Gasteiger partial charge in [0, 0.05) is 5.54 Å². The lowest BCUT2D eigenvalue weighted by atomic mass is 9.87. The van der Waals surface area contributed by atoms with Crippen molar-refractivity contribution in [3.05, 3.63) is 29.8 Å². The molecule has 2 heteroatoms. The second-order valence-corrected chi connectivity index (χ2v) is 5.03. The van der Waals surface area contributed by atoms with Crippen LogP contribution in [0.2, 0.25) is 0 Å². The summed E-state index contributed by atoms with van der Waals surface area (Å²) in [5.41, 5.74) is 1.47. The Hall–Kier alpha value is -1.02. The maximum Gasteiger partial charge on any atom is 0.119 e. The SMILES string of the molecule is CCOc1cccc(C2(C)CCCCCN2)c1. The summed E-state index contributed by atoms with van der Waals surface area (Å²) in [5.74, 6) is 0.984. The molecule has 1 aliphatic heterocycles. The van der Waals surface area contributed by atoms with Gasteiger partial charge in [0.05, 0.1) is 6.61 Å². The second-order valence-electron chi connectivity index (χ2n) is 5.03. The third-order valence-electron chi connectivity index (χ3n) is 3.65. The minimum absolute atomic E-state index is 0.115. The molecule has 1 fully saturated rings. The van der Waals surface area contributed by atoms with Gasteiger partial charge in [-0.15, -0.1) is 0 Å². The van der Waals surface area contributed by atoms with Crippen LogP contribution in [0.5, 0.6) is 5.75 Å². The van der Waals surface area contributed by atoms with Crippen LogP contribution in [0.3, 0.4) is 0 Å². The highest BCUT2D eigenvalue weighted by Crippen LogP contribution is 2.31. The number of hydrogen-bond acceptors (Lipinski definition) is 2. The first-order chi connectivity index (χ1) is 8.24. The van der Waals surface area contributed by atoms with Gasteiger partial charge in [-0.05, 0) is 50.9 Å². The Morgan fingerprint density at radius 1 is 1.29 bits per heavy atom. The van der Waals surface area contributed by atoms with Crippen LogP contribution >= 0.6 is 0 Å². The van der Waals surface area contributed by atoms with Crippen molar-refractivity contribution in [2.75, 3.05) is 13.2 Å². The van der Waals surface area contributed by atoms with E-state index in [9.17, 15) is 0 Å². The van der Waals surface area contributed by atoms with E-state index in [1.165, 1.54) is 31.2 Å². The van der Waals surface area contributed by atoms with Crippen LogP contribution in [0.15, 0.2) is 24.3 Å². The van der Waals surface area contributed by atoms with E-state index >= 15 is 0 Å². The first-order valence-electron chi connectivity index (χ1n) is 6.73. The molecule has 1 aromatic rings. The second kappa shape index (κ2) is 5.54. The van der Waals surface area contributed by atoms with E-state index < -0.39 is 0 Å². The van der Waals surface area contributed by atoms with Crippen LogP contribution in [-0.4, -0.2) is 13.2 Å². The first kappa shape index (κ1) is 12.4. The lowest BCUT2D eigenvalue weighted by Crippen LogP contribution is -2.38. The maximum absolute atomic E-state index is 5.59. The fourth-order valence-electron chi connectivity index (χ4n) is 2.58. The molecule has 0 radical (unpaired) electrons. The summed E-state index contributed by atoms with van der Waals surface area (Å²) < 4.78 is 5.59. The van der Waals surface area contributed by atoms with Crippen LogP contribution in [0, 0.1) is 0 Å². The molecule has 94 valence electrons. The van der Waals surface area contributed by atoms with Crippen molar-refractivity contribution in [2.45, 2.75) is 45.1 Å². The van der Waals surface area contributed by atoms with E-state index in [4.69, 9.17) is 4.74 Å². The minimum atomic E-state index is 0.115. The molecule has 0 saturated carbocycles. The molecule has 0 amide bonds. The Balaban J connectivity index is 2.21. The topological polar surface area (TPSA) is 21.3 Å². The molecule has 1 aliphatic rings. The minimum Gasteiger partial charge on any atom is -0.494 e. The van der Waals surface area contributed by atoms with E-state index in [0.717, 1.165) is 18.9 Å². The molecular weight excluding hydrogens is 210 g/mol. The van der Waals surface area contributed by atoms with E-state index in [1.807, 2.05) is 13.0 Å². The highest BCUT2D eigenvalue weighted by atomic mass is 16.5. The monoisotopic (exact) mass is 233 g/mol. The van der Waals surface area contributed by atoms with Crippen LogP contribution in [0.1, 0.15) is 45.1 Å². The molecule has 0 bridgehead atoms. The lowest BCUT2D eigenvalue weighted by molar-refractivity contribution is 0.332. The van der Waals surface area contributed by atoms with Crippen molar-refractivity contribution >= 4 is 0 Å². The van der Waals surface area contributed by atoms with Crippen LogP contribution < -0.4 is 10.1 Å². The van der Waals surface area contributed by atoms with Gasteiger partial charge in [-0.1, -0.05) is 25.0 Å². The quantitative estimate of drug-likeness (QED) is 0.863. The largest absolute Gasteiger partial charge is 0.494 e. The molecule has 1 saturated heterocycles. The molecule has 0 aliphatic carbocycles. The van der Waals surface area contributed by atoms with Gasteiger partial charge in [0.1, 0.15) is 5.75 Å².